The smallest absolute Gasteiger partial charge is 0.322 e. The van der Waals surface area contributed by atoms with Crippen molar-refractivity contribution in [1.82, 2.24) is 24.8 Å². The first-order valence-electron chi connectivity index (χ1n) is 10.2. The number of carbonyl (C=O) groups excluding carboxylic acids is 1. The second-order valence-electron chi connectivity index (χ2n) is 7.56. The number of hydrogen-bond acceptors (Lipinski definition) is 9. The quantitative estimate of drug-likeness (QED) is 0.536. The lowest BCUT2D eigenvalue weighted by molar-refractivity contribution is -0.146. The number of likely N-dealkylation sites (tertiary alicyclic amines) is 1. The van der Waals surface area contributed by atoms with E-state index in [1.807, 2.05) is 6.92 Å². The molecule has 1 fully saturated rings. The molecule has 168 valence electrons. The van der Waals surface area contributed by atoms with Gasteiger partial charge in [-0.3, -0.25) is 9.69 Å². The zero-order valence-corrected chi connectivity index (χ0v) is 18.4. The molecule has 2 N–H and O–H groups in total. The van der Waals surface area contributed by atoms with Gasteiger partial charge in [-0.1, -0.05) is 11.6 Å². The predicted octanol–water partition coefficient (Wildman–Crippen LogP) is 3.39. The van der Waals surface area contributed by atoms with Crippen LogP contribution in [0.1, 0.15) is 19.8 Å². The van der Waals surface area contributed by atoms with E-state index in [2.05, 4.69) is 35.5 Å². The molecule has 9 nitrogen and oxygen atoms in total. The maximum absolute atomic E-state index is 13.5. The molecule has 4 rings (SSSR count). The minimum Gasteiger partial charge on any atom is -0.468 e. The van der Waals surface area contributed by atoms with Gasteiger partial charge in [-0.15, -0.1) is 0 Å². The summed E-state index contributed by atoms with van der Waals surface area (Å²) in [6.45, 7) is 3.39. The summed E-state index contributed by atoms with van der Waals surface area (Å²) in [7, 11) is 1.40. The van der Waals surface area contributed by atoms with Crippen LogP contribution >= 0.6 is 11.6 Å². The fourth-order valence-corrected chi connectivity index (χ4v) is 3.84. The van der Waals surface area contributed by atoms with E-state index in [1.54, 1.807) is 12.3 Å². The van der Waals surface area contributed by atoms with Gasteiger partial charge in [0.05, 0.1) is 18.3 Å². The fourth-order valence-electron chi connectivity index (χ4n) is 3.66. The van der Waals surface area contributed by atoms with Crippen molar-refractivity contribution in [2.45, 2.75) is 31.8 Å². The number of piperidine rings is 1. The van der Waals surface area contributed by atoms with Gasteiger partial charge >= 0.3 is 5.97 Å². The van der Waals surface area contributed by atoms with Gasteiger partial charge in [-0.25, -0.2) is 24.3 Å². The molecule has 3 aromatic rings. The van der Waals surface area contributed by atoms with Crippen LogP contribution in [0.2, 0.25) is 5.02 Å². The van der Waals surface area contributed by atoms with Crippen LogP contribution in [0.15, 0.2) is 30.7 Å². The maximum Gasteiger partial charge on any atom is 0.322 e. The Labute approximate surface area is 189 Å². The van der Waals surface area contributed by atoms with E-state index >= 15 is 0 Å². The minimum atomic E-state index is -0.495. The molecular formula is C21H23ClFN7O2. The molecule has 1 saturated heterocycles. The van der Waals surface area contributed by atoms with Crippen LogP contribution in [0.5, 0.6) is 0 Å². The molecule has 0 radical (unpaired) electrons. The molecule has 0 spiro atoms. The Morgan fingerprint density at radius 1 is 1.28 bits per heavy atom. The fraction of sp³-hybridized carbons (Fsp3) is 0.381. The highest BCUT2D eigenvalue weighted by molar-refractivity contribution is 6.31. The predicted molar refractivity (Wildman–Crippen MR) is 120 cm³/mol. The summed E-state index contributed by atoms with van der Waals surface area (Å²) in [6.07, 6.45) is 4.72. The first kappa shape index (κ1) is 22.1. The van der Waals surface area contributed by atoms with Gasteiger partial charge in [0.1, 0.15) is 29.2 Å². The van der Waals surface area contributed by atoms with Crippen molar-refractivity contribution in [1.29, 1.82) is 0 Å². The molecule has 1 unspecified atom stereocenters. The van der Waals surface area contributed by atoms with Crippen molar-refractivity contribution in [3.05, 3.63) is 41.6 Å². The third kappa shape index (κ3) is 4.86. The van der Waals surface area contributed by atoms with Crippen molar-refractivity contribution in [2.24, 2.45) is 0 Å². The number of aromatic nitrogens is 4. The summed E-state index contributed by atoms with van der Waals surface area (Å²) in [4.78, 5) is 31.3. The van der Waals surface area contributed by atoms with E-state index in [1.165, 1.54) is 25.6 Å². The van der Waals surface area contributed by atoms with Crippen LogP contribution in [-0.2, 0) is 9.53 Å². The van der Waals surface area contributed by atoms with Crippen LogP contribution in [0.4, 0.5) is 21.8 Å². The average Bonchev–Trinajstić information content (AvgIpc) is 2.81. The zero-order valence-electron chi connectivity index (χ0n) is 17.7. The van der Waals surface area contributed by atoms with Gasteiger partial charge in [0.15, 0.2) is 5.82 Å². The van der Waals surface area contributed by atoms with Gasteiger partial charge in [-0.05, 0) is 38.0 Å². The molecular weight excluding hydrogens is 437 g/mol. The molecule has 0 amide bonds. The van der Waals surface area contributed by atoms with Crippen molar-refractivity contribution in [3.63, 3.8) is 0 Å². The average molecular weight is 460 g/mol. The molecule has 0 saturated carbocycles. The van der Waals surface area contributed by atoms with E-state index in [4.69, 9.17) is 16.3 Å². The third-order valence-corrected chi connectivity index (χ3v) is 5.80. The van der Waals surface area contributed by atoms with Crippen LogP contribution in [0, 0.1) is 5.82 Å². The highest BCUT2D eigenvalue weighted by Crippen LogP contribution is 2.25. The zero-order chi connectivity index (χ0) is 22.7. The summed E-state index contributed by atoms with van der Waals surface area (Å²) in [5.74, 6) is 0.208. The Balaban J connectivity index is 1.47. The SMILES string of the molecule is COC(=O)C(C)N1CCC(Nc2ncc3ncnc(Nc4ccc(F)c(Cl)c4)c3n2)CC1. The molecule has 1 aliphatic rings. The highest BCUT2D eigenvalue weighted by atomic mass is 35.5. The van der Waals surface area contributed by atoms with Gasteiger partial charge in [-0.2, -0.15) is 0 Å². The first-order valence-corrected chi connectivity index (χ1v) is 10.6. The van der Waals surface area contributed by atoms with E-state index in [0.717, 1.165) is 25.9 Å². The normalized spacial score (nSPS) is 16.0. The molecule has 1 aliphatic heterocycles. The molecule has 0 aliphatic carbocycles. The Morgan fingerprint density at radius 3 is 2.78 bits per heavy atom. The summed E-state index contributed by atoms with van der Waals surface area (Å²) in [5.41, 5.74) is 1.68. The number of nitrogens with zero attached hydrogens (tertiary/aromatic N) is 5. The molecule has 32 heavy (non-hydrogen) atoms. The summed E-state index contributed by atoms with van der Waals surface area (Å²) < 4.78 is 18.3. The lowest BCUT2D eigenvalue weighted by Gasteiger charge is -2.34. The van der Waals surface area contributed by atoms with E-state index < -0.39 is 5.82 Å². The highest BCUT2D eigenvalue weighted by Gasteiger charge is 2.27. The summed E-state index contributed by atoms with van der Waals surface area (Å²) in [6, 6.07) is 4.24. The second kappa shape index (κ2) is 9.58. The Hall–Kier alpha value is -3.11. The number of hydrogen-bond donors (Lipinski definition) is 2. The molecule has 3 heterocycles. The number of methoxy groups -OCH3 is 1. The molecule has 1 aromatic carbocycles. The minimum absolute atomic E-state index is 0.0122. The van der Waals surface area contributed by atoms with Crippen molar-refractivity contribution >= 4 is 46.1 Å². The Morgan fingerprint density at radius 2 is 2.06 bits per heavy atom. The van der Waals surface area contributed by atoms with Gasteiger partial charge < -0.3 is 15.4 Å². The number of ether oxygens (including phenoxy) is 1. The first-order chi connectivity index (χ1) is 15.4. The van der Waals surface area contributed by atoms with E-state index in [-0.39, 0.29) is 23.1 Å². The third-order valence-electron chi connectivity index (χ3n) is 5.51. The van der Waals surface area contributed by atoms with Crippen molar-refractivity contribution in [2.75, 3.05) is 30.8 Å². The van der Waals surface area contributed by atoms with Gasteiger partial charge in [0.25, 0.3) is 0 Å². The van der Waals surface area contributed by atoms with Crippen LogP contribution in [0.25, 0.3) is 11.0 Å². The topological polar surface area (TPSA) is 105 Å². The van der Waals surface area contributed by atoms with Gasteiger partial charge in [0.2, 0.25) is 5.95 Å². The maximum atomic E-state index is 13.5. The molecule has 1 atom stereocenters. The van der Waals surface area contributed by atoms with Gasteiger partial charge in [0, 0.05) is 24.8 Å². The molecule has 2 aromatic heterocycles. The molecule has 11 heteroatoms. The Bertz CT molecular complexity index is 1120. The van der Waals surface area contributed by atoms with Crippen LogP contribution in [-0.4, -0.2) is 63.1 Å². The number of carbonyl (C=O) groups is 1. The van der Waals surface area contributed by atoms with Crippen LogP contribution in [0.3, 0.4) is 0 Å². The van der Waals surface area contributed by atoms with Crippen molar-refractivity contribution in [3.8, 4) is 0 Å². The number of nitrogens with one attached hydrogen (secondary N) is 2. The largest absolute Gasteiger partial charge is 0.468 e. The number of halogens is 2. The second-order valence-corrected chi connectivity index (χ2v) is 7.96. The summed E-state index contributed by atoms with van der Waals surface area (Å²) in [5, 5.41) is 6.49. The number of esters is 1. The number of fused-ring (bicyclic) bond motifs is 1. The van der Waals surface area contributed by atoms with E-state index in [9.17, 15) is 9.18 Å². The number of anilines is 3. The lowest BCUT2D eigenvalue weighted by atomic mass is 10.0. The lowest BCUT2D eigenvalue weighted by Crippen LogP contribution is -2.47. The number of rotatable bonds is 6. The number of benzene rings is 1. The van der Waals surface area contributed by atoms with Crippen LogP contribution < -0.4 is 10.6 Å². The Kier molecular flexibility index (Phi) is 6.61. The standard InChI is InChI=1S/C21H23ClFN7O2/c1-12(20(31)32-2)30-7-5-13(6-8-30)28-21-24-10-17-18(29-21)19(26-11-25-17)27-14-3-4-16(23)15(22)9-14/h3-4,9-13H,5-8H2,1-2H3,(H,24,28,29)(H,25,26,27). The van der Waals surface area contributed by atoms with E-state index in [0.29, 0.717) is 28.5 Å². The molecule has 0 bridgehead atoms. The van der Waals surface area contributed by atoms with Crippen molar-refractivity contribution < 1.29 is 13.9 Å². The summed E-state index contributed by atoms with van der Waals surface area (Å²) >= 11 is 5.87. The monoisotopic (exact) mass is 459 g/mol.